The molecule has 0 aliphatic carbocycles. The second-order valence-electron chi connectivity index (χ2n) is 12.0. The van der Waals surface area contributed by atoms with Crippen molar-refractivity contribution in [2.45, 2.75) is 61.0 Å². The van der Waals surface area contributed by atoms with Crippen molar-refractivity contribution in [1.29, 1.82) is 0 Å². The van der Waals surface area contributed by atoms with Gasteiger partial charge in [-0.2, -0.15) is 4.72 Å². The number of sulfonamides is 1. The van der Waals surface area contributed by atoms with Gasteiger partial charge in [-0.1, -0.05) is 96.2 Å². The van der Waals surface area contributed by atoms with Crippen LogP contribution in [0.15, 0.2) is 132 Å². The molecule has 0 saturated carbocycles. The van der Waals surface area contributed by atoms with Crippen molar-refractivity contribution in [2.75, 3.05) is 11.1 Å². The number of hydrogen-bond acceptors (Lipinski definition) is 9. The Kier molecular flexibility index (Phi) is 11.7. The first-order chi connectivity index (χ1) is 24.3. The number of carbonyl (C=O) groups is 1. The lowest BCUT2D eigenvalue weighted by Crippen LogP contribution is -2.45. The van der Waals surface area contributed by atoms with E-state index in [9.17, 15) is 18.3 Å². The van der Waals surface area contributed by atoms with Crippen LogP contribution in [0.25, 0.3) is 0 Å². The van der Waals surface area contributed by atoms with Crippen molar-refractivity contribution in [3.05, 3.63) is 149 Å². The molecule has 0 bridgehead atoms. The number of nitrogens with one attached hydrogen (secondary N) is 2. The first-order valence-corrected chi connectivity index (χ1v) is 18.7. The molecule has 4 atom stereocenters. The van der Waals surface area contributed by atoms with Crippen LogP contribution in [0.4, 0.5) is 5.69 Å². The molecule has 1 aliphatic heterocycles. The average molecular weight is 711 g/mol. The van der Waals surface area contributed by atoms with Crippen LogP contribution in [0.3, 0.4) is 0 Å². The van der Waals surface area contributed by atoms with Crippen LogP contribution >= 0.6 is 11.8 Å². The lowest BCUT2D eigenvalue weighted by atomic mass is 10.0. The van der Waals surface area contributed by atoms with Gasteiger partial charge in [0.1, 0.15) is 6.04 Å². The maximum Gasteiger partial charge on any atom is 0.242 e. The van der Waals surface area contributed by atoms with E-state index in [0.717, 1.165) is 22.3 Å². The van der Waals surface area contributed by atoms with E-state index in [1.54, 1.807) is 48.8 Å². The minimum absolute atomic E-state index is 0.0496. The van der Waals surface area contributed by atoms with Crippen LogP contribution in [-0.2, 0) is 37.3 Å². The van der Waals surface area contributed by atoms with E-state index >= 15 is 0 Å². The number of carbonyl (C=O) groups excluding carboxylic acids is 1. The summed E-state index contributed by atoms with van der Waals surface area (Å²) < 4.78 is 42.3. The number of aryl methyl sites for hydroxylation is 1. The number of aliphatic hydroxyl groups is 1. The third kappa shape index (κ3) is 9.42. The summed E-state index contributed by atoms with van der Waals surface area (Å²) in [4.78, 5) is 22.5. The average Bonchev–Trinajstić information content (AvgIpc) is 3.14. The monoisotopic (exact) mass is 710 g/mol. The molecule has 50 heavy (non-hydrogen) atoms. The minimum atomic E-state index is -4.00. The van der Waals surface area contributed by atoms with Crippen LogP contribution in [-0.4, -0.2) is 47.3 Å². The normalized spacial score (nSPS) is 18.3. The van der Waals surface area contributed by atoms with Gasteiger partial charge in [0, 0.05) is 35.8 Å². The highest BCUT2D eigenvalue weighted by molar-refractivity contribution is 7.99. The molecule has 6 rings (SSSR count). The van der Waals surface area contributed by atoms with Gasteiger partial charge in [-0.05, 0) is 60.4 Å². The molecule has 5 aromatic rings. The molecule has 12 heteroatoms. The van der Waals surface area contributed by atoms with Gasteiger partial charge >= 0.3 is 0 Å². The largest absolute Gasteiger partial charge is 0.392 e. The number of aliphatic hydroxyl groups excluding tert-OH is 1. The first kappa shape index (κ1) is 35.4. The predicted octanol–water partition coefficient (Wildman–Crippen LogP) is 6.14. The maximum atomic E-state index is 13.8. The zero-order valence-corrected chi connectivity index (χ0v) is 29.0. The van der Waals surface area contributed by atoms with E-state index in [1.807, 2.05) is 67.6 Å². The van der Waals surface area contributed by atoms with Crippen LogP contribution in [0, 0.1) is 6.92 Å². The summed E-state index contributed by atoms with van der Waals surface area (Å²) in [5, 5.41) is 13.1. The van der Waals surface area contributed by atoms with Crippen LogP contribution in [0.2, 0.25) is 0 Å². The molecule has 1 aromatic heterocycles. The molecule has 0 unspecified atom stereocenters. The second kappa shape index (κ2) is 16.5. The van der Waals surface area contributed by atoms with Crippen molar-refractivity contribution in [3.8, 4) is 0 Å². The third-order valence-corrected chi connectivity index (χ3v) is 10.7. The highest BCUT2D eigenvalue weighted by atomic mass is 32.2. The van der Waals surface area contributed by atoms with Crippen LogP contribution < -0.4 is 10.0 Å². The molecule has 1 aliphatic rings. The number of aromatic nitrogens is 2. The lowest BCUT2D eigenvalue weighted by molar-refractivity contribution is -0.245. The van der Waals surface area contributed by atoms with Gasteiger partial charge < -0.3 is 19.9 Å². The van der Waals surface area contributed by atoms with E-state index in [0.29, 0.717) is 28.6 Å². The summed E-state index contributed by atoms with van der Waals surface area (Å²) in [6.45, 7) is 1.83. The van der Waals surface area contributed by atoms with Crippen molar-refractivity contribution < 1.29 is 27.8 Å². The summed E-state index contributed by atoms with van der Waals surface area (Å²) in [6, 6.07) is 31.2. The Hall–Kier alpha value is -4.43. The molecule has 1 fully saturated rings. The standard InChI is InChI=1S/C38H38N4O6S2/c1-26-11-17-33(18-12-26)50(45,46)42-34(21-27-7-3-2-4-8-27)36(44)41-31-10-5-9-30(22-31)37-47-32(25-49-38-39-19-6-20-40-38)23-35(48-37)29-15-13-28(24-43)14-16-29/h2-20,22,32,34-35,37,42-43H,21,23-25H2,1H3,(H,41,44)/t32-,34+,35+,37+/m0/s1. The van der Waals surface area contributed by atoms with Gasteiger partial charge in [0.05, 0.1) is 23.7 Å². The quantitative estimate of drug-likeness (QED) is 0.0971. The number of ether oxygens (including phenoxy) is 2. The van der Waals surface area contributed by atoms with Crippen molar-refractivity contribution >= 4 is 33.4 Å². The maximum absolute atomic E-state index is 13.8. The minimum Gasteiger partial charge on any atom is -0.392 e. The van der Waals surface area contributed by atoms with Crippen molar-refractivity contribution in [3.63, 3.8) is 0 Å². The topological polar surface area (TPSA) is 140 Å². The fraction of sp³-hybridized carbons (Fsp3) is 0.237. The highest BCUT2D eigenvalue weighted by Gasteiger charge is 2.33. The van der Waals surface area contributed by atoms with Crippen molar-refractivity contribution in [2.24, 2.45) is 0 Å². The fourth-order valence-corrected chi connectivity index (χ4v) is 7.57. The first-order valence-electron chi connectivity index (χ1n) is 16.2. The number of rotatable bonds is 13. The van der Waals surface area contributed by atoms with Crippen LogP contribution in [0.5, 0.6) is 0 Å². The number of anilines is 1. The van der Waals surface area contributed by atoms with E-state index < -0.39 is 28.3 Å². The summed E-state index contributed by atoms with van der Waals surface area (Å²) >= 11 is 1.50. The number of thioether (sulfide) groups is 1. The molecule has 0 radical (unpaired) electrons. The molecular weight excluding hydrogens is 673 g/mol. The van der Waals surface area contributed by atoms with Gasteiger partial charge in [0.25, 0.3) is 0 Å². The van der Waals surface area contributed by atoms with Gasteiger partial charge in [-0.25, -0.2) is 18.4 Å². The molecule has 1 saturated heterocycles. The smallest absolute Gasteiger partial charge is 0.242 e. The molecule has 10 nitrogen and oxygen atoms in total. The molecular formula is C38H38N4O6S2. The number of amides is 1. The molecule has 1 amide bonds. The Labute approximate surface area is 296 Å². The predicted molar refractivity (Wildman–Crippen MR) is 192 cm³/mol. The Morgan fingerprint density at radius 3 is 2.34 bits per heavy atom. The third-order valence-electron chi connectivity index (χ3n) is 8.21. The fourth-order valence-electron chi connectivity index (χ4n) is 5.55. The summed E-state index contributed by atoms with van der Waals surface area (Å²) in [5.41, 5.74) is 4.64. The lowest BCUT2D eigenvalue weighted by Gasteiger charge is -2.36. The Morgan fingerprint density at radius 1 is 0.880 bits per heavy atom. The Morgan fingerprint density at radius 2 is 1.62 bits per heavy atom. The van der Waals surface area contributed by atoms with Gasteiger partial charge in [-0.15, -0.1) is 0 Å². The Bertz CT molecular complexity index is 1970. The summed E-state index contributed by atoms with van der Waals surface area (Å²) in [5.74, 6) is 0.0829. The van der Waals surface area contributed by atoms with E-state index in [1.165, 1.54) is 23.9 Å². The van der Waals surface area contributed by atoms with E-state index in [4.69, 9.17) is 9.47 Å². The molecule has 4 aromatic carbocycles. The number of nitrogens with zero attached hydrogens (tertiary/aromatic N) is 2. The van der Waals surface area contributed by atoms with E-state index in [2.05, 4.69) is 20.0 Å². The number of benzene rings is 4. The van der Waals surface area contributed by atoms with E-state index in [-0.39, 0.29) is 30.1 Å². The van der Waals surface area contributed by atoms with Gasteiger partial charge in [0.15, 0.2) is 11.4 Å². The SMILES string of the molecule is Cc1ccc(S(=O)(=O)N[C@H](Cc2ccccc2)C(=O)Nc2cccc([C@@H]3O[C@H](CSc4ncccn4)C[C@H](c4ccc(CO)cc4)O3)c2)cc1. The zero-order valence-electron chi connectivity index (χ0n) is 27.4. The molecule has 0 spiro atoms. The van der Waals surface area contributed by atoms with Crippen molar-refractivity contribution in [1.82, 2.24) is 14.7 Å². The molecule has 258 valence electrons. The summed E-state index contributed by atoms with van der Waals surface area (Å²) in [6.07, 6.45) is 2.87. The molecule has 3 N–H and O–H groups in total. The van der Waals surface area contributed by atoms with Crippen LogP contribution in [0.1, 0.15) is 46.6 Å². The Balaban J connectivity index is 1.22. The van der Waals surface area contributed by atoms with Gasteiger partial charge in [-0.3, -0.25) is 4.79 Å². The second-order valence-corrected chi connectivity index (χ2v) is 14.7. The van der Waals surface area contributed by atoms with Gasteiger partial charge in [0.2, 0.25) is 15.9 Å². The summed E-state index contributed by atoms with van der Waals surface area (Å²) in [7, 11) is -4.00. The highest BCUT2D eigenvalue weighted by Crippen LogP contribution is 2.39. The molecule has 2 heterocycles. The number of hydrogen-bond donors (Lipinski definition) is 3. The zero-order chi connectivity index (χ0) is 34.9.